The average molecular weight is 323 g/mol. The largest absolute Gasteiger partial charge is 0.508 e. The quantitative estimate of drug-likeness (QED) is 0.900. The maximum atomic E-state index is 11.9. The number of sulfone groups is 1. The lowest BCUT2D eigenvalue weighted by Crippen LogP contribution is -2.17. The minimum absolute atomic E-state index is 0.0751. The number of rotatable bonds is 3. The van der Waals surface area contributed by atoms with Crippen molar-refractivity contribution in [2.75, 3.05) is 6.26 Å². The van der Waals surface area contributed by atoms with Crippen LogP contribution < -0.4 is 0 Å². The third kappa shape index (κ3) is 2.16. The molecule has 0 saturated heterocycles. The maximum absolute atomic E-state index is 11.9. The molecule has 0 saturated carbocycles. The molecule has 0 radical (unpaired) electrons. The summed E-state index contributed by atoms with van der Waals surface area (Å²) < 4.78 is 25.8. The maximum Gasteiger partial charge on any atom is 0.306 e. The highest BCUT2D eigenvalue weighted by molar-refractivity contribution is 7.91. The van der Waals surface area contributed by atoms with Crippen LogP contribution in [0.3, 0.4) is 0 Å². The first-order valence-corrected chi connectivity index (χ1v) is 8.88. The van der Waals surface area contributed by atoms with Gasteiger partial charge in [0.05, 0.1) is 16.3 Å². The monoisotopic (exact) mass is 323 g/mol. The molecule has 2 aromatic rings. The van der Waals surface area contributed by atoms with Gasteiger partial charge < -0.3 is 14.8 Å². The number of phenolic OH excluding ortho intramolecular Hbond substituents is 1. The zero-order valence-corrected chi connectivity index (χ0v) is 13.1. The summed E-state index contributed by atoms with van der Waals surface area (Å²) in [6.45, 7) is 2.28. The topological polar surface area (TPSA) is 96.6 Å². The van der Waals surface area contributed by atoms with Crippen LogP contribution in [0.1, 0.15) is 25.0 Å². The number of fused-ring (bicyclic) bond motifs is 3. The smallest absolute Gasteiger partial charge is 0.306 e. The van der Waals surface area contributed by atoms with Gasteiger partial charge in [0.2, 0.25) is 0 Å². The molecule has 118 valence electrons. The zero-order chi connectivity index (χ0) is 16.2. The zero-order valence-electron chi connectivity index (χ0n) is 12.3. The molecule has 2 heterocycles. The van der Waals surface area contributed by atoms with Crippen molar-refractivity contribution in [1.29, 1.82) is 0 Å². The SMILES string of the molecule is CC(C(=O)O)C1CCn2c1cc1c(S(C)(=O)=O)cc(O)cc12. The molecular weight excluding hydrogens is 306 g/mol. The summed E-state index contributed by atoms with van der Waals surface area (Å²) >= 11 is 0. The number of carbonyl (C=O) groups is 1. The molecule has 0 aliphatic carbocycles. The van der Waals surface area contributed by atoms with Gasteiger partial charge in [-0.3, -0.25) is 4.79 Å². The number of carboxylic acid groups (broad SMARTS) is 1. The highest BCUT2D eigenvalue weighted by Crippen LogP contribution is 2.41. The summed E-state index contributed by atoms with van der Waals surface area (Å²) in [4.78, 5) is 11.3. The average Bonchev–Trinajstić information content (AvgIpc) is 2.95. The summed E-state index contributed by atoms with van der Waals surface area (Å²) in [5.74, 6) is -1.67. The molecule has 0 fully saturated rings. The van der Waals surface area contributed by atoms with Crippen molar-refractivity contribution in [2.45, 2.75) is 30.7 Å². The highest BCUT2D eigenvalue weighted by atomic mass is 32.2. The van der Waals surface area contributed by atoms with E-state index in [1.165, 1.54) is 12.1 Å². The number of aliphatic carboxylic acids is 1. The first-order chi connectivity index (χ1) is 10.2. The van der Waals surface area contributed by atoms with Crippen LogP contribution in [-0.4, -0.2) is 35.4 Å². The fourth-order valence-electron chi connectivity index (χ4n) is 3.29. The van der Waals surface area contributed by atoms with E-state index in [0.29, 0.717) is 23.9 Å². The van der Waals surface area contributed by atoms with Gasteiger partial charge in [-0.1, -0.05) is 6.92 Å². The molecule has 1 aliphatic rings. The van der Waals surface area contributed by atoms with Crippen LogP contribution in [0, 0.1) is 5.92 Å². The summed E-state index contributed by atoms with van der Waals surface area (Å²) in [5, 5.41) is 19.6. The van der Waals surface area contributed by atoms with Crippen LogP contribution in [0.2, 0.25) is 0 Å². The minimum atomic E-state index is -3.48. The summed E-state index contributed by atoms with van der Waals surface area (Å²) in [6.07, 6.45) is 1.80. The molecule has 0 amide bonds. The molecule has 1 aliphatic heterocycles. The van der Waals surface area contributed by atoms with Gasteiger partial charge in [-0.25, -0.2) is 8.42 Å². The van der Waals surface area contributed by atoms with Crippen molar-refractivity contribution in [3.05, 3.63) is 23.9 Å². The van der Waals surface area contributed by atoms with Crippen LogP contribution in [0.5, 0.6) is 5.75 Å². The predicted molar refractivity (Wildman–Crippen MR) is 80.9 cm³/mol. The number of nitrogens with zero attached hydrogens (tertiary/aromatic N) is 1. The van der Waals surface area contributed by atoms with E-state index in [9.17, 15) is 23.4 Å². The van der Waals surface area contributed by atoms with Crippen LogP contribution in [0.15, 0.2) is 23.1 Å². The van der Waals surface area contributed by atoms with Gasteiger partial charge in [0.1, 0.15) is 5.75 Å². The molecule has 2 unspecified atom stereocenters. The van der Waals surface area contributed by atoms with Crippen molar-refractivity contribution < 1.29 is 23.4 Å². The van der Waals surface area contributed by atoms with Gasteiger partial charge in [-0.05, 0) is 18.6 Å². The van der Waals surface area contributed by atoms with Gasteiger partial charge in [0, 0.05) is 35.9 Å². The van der Waals surface area contributed by atoms with Gasteiger partial charge in [-0.15, -0.1) is 0 Å². The molecule has 0 spiro atoms. The minimum Gasteiger partial charge on any atom is -0.508 e. The summed E-state index contributed by atoms with van der Waals surface area (Å²) in [7, 11) is -3.48. The first kappa shape index (κ1) is 14.9. The highest BCUT2D eigenvalue weighted by Gasteiger charge is 2.33. The Hall–Kier alpha value is -2.02. The lowest BCUT2D eigenvalue weighted by molar-refractivity contribution is -0.141. The lowest BCUT2D eigenvalue weighted by Gasteiger charge is -2.13. The third-order valence-electron chi connectivity index (χ3n) is 4.44. The number of aromatic nitrogens is 1. The fourth-order valence-corrected chi connectivity index (χ4v) is 4.19. The molecule has 2 atom stereocenters. The van der Waals surface area contributed by atoms with E-state index in [2.05, 4.69) is 0 Å². The van der Waals surface area contributed by atoms with E-state index >= 15 is 0 Å². The Bertz CT molecular complexity index is 881. The third-order valence-corrected chi connectivity index (χ3v) is 5.57. The Morgan fingerprint density at radius 3 is 2.64 bits per heavy atom. The predicted octanol–water partition coefficient (Wildman–Crippen LogP) is 1.96. The van der Waals surface area contributed by atoms with E-state index in [4.69, 9.17) is 0 Å². The standard InChI is InChI=1S/C15H17NO5S/c1-8(15(18)19)10-3-4-16-12-5-9(17)6-14(22(2,20)21)11(12)7-13(10)16/h5-8,10,17H,3-4H2,1-2H3,(H,18,19). The van der Waals surface area contributed by atoms with Gasteiger partial charge in [0.15, 0.2) is 9.84 Å². The molecule has 2 N–H and O–H groups in total. The van der Waals surface area contributed by atoms with Crippen molar-refractivity contribution in [3.63, 3.8) is 0 Å². The van der Waals surface area contributed by atoms with Crippen LogP contribution in [0.4, 0.5) is 0 Å². The molecule has 7 heteroatoms. The number of aryl methyl sites for hydroxylation is 1. The van der Waals surface area contributed by atoms with Crippen LogP contribution >= 0.6 is 0 Å². The summed E-state index contributed by atoms with van der Waals surface area (Å²) in [6, 6.07) is 4.52. The molecule has 0 bridgehead atoms. The van der Waals surface area contributed by atoms with Gasteiger partial charge in [-0.2, -0.15) is 0 Å². The van der Waals surface area contributed by atoms with Crippen molar-refractivity contribution in [2.24, 2.45) is 5.92 Å². The van der Waals surface area contributed by atoms with E-state index in [1.807, 2.05) is 4.57 Å². The Balaban J connectivity index is 2.27. The number of hydrogen-bond donors (Lipinski definition) is 2. The molecular formula is C15H17NO5S. The van der Waals surface area contributed by atoms with E-state index in [-0.39, 0.29) is 16.6 Å². The number of hydrogen-bond acceptors (Lipinski definition) is 4. The first-order valence-electron chi connectivity index (χ1n) is 6.99. The Morgan fingerprint density at radius 2 is 2.05 bits per heavy atom. The van der Waals surface area contributed by atoms with Crippen LogP contribution in [0.25, 0.3) is 10.9 Å². The Kier molecular flexibility index (Phi) is 3.21. The van der Waals surface area contributed by atoms with Crippen molar-refractivity contribution >= 4 is 26.7 Å². The fraction of sp³-hybridized carbons (Fsp3) is 0.400. The second-order valence-electron chi connectivity index (χ2n) is 5.89. The second kappa shape index (κ2) is 4.74. The van der Waals surface area contributed by atoms with E-state index in [0.717, 1.165) is 11.9 Å². The number of benzene rings is 1. The molecule has 1 aromatic heterocycles. The van der Waals surface area contributed by atoms with Crippen LogP contribution in [-0.2, 0) is 21.2 Å². The number of phenols is 1. The van der Waals surface area contributed by atoms with Gasteiger partial charge >= 0.3 is 5.97 Å². The Labute approximate surface area is 127 Å². The molecule has 3 rings (SSSR count). The van der Waals surface area contributed by atoms with E-state index < -0.39 is 21.7 Å². The number of carboxylic acids is 1. The molecule has 6 nitrogen and oxygen atoms in total. The second-order valence-corrected chi connectivity index (χ2v) is 7.88. The van der Waals surface area contributed by atoms with E-state index in [1.54, 1.807) is 13.0 Å². The normalized spacial score (nSPS) is 19.3. The lowest BCUT2D eigenvalue weighted by atomic mass is 9.90. The molecule has 22 heavy (non-hydrogen) atoms. The Morgan fingerprint density at radius 1 is 1.36 bits per heavy atom. The van der Waals surface area contributed by atoms with Crippen molar-refractivity contribution in [1.82, 2.24) is 4.57 Å². The van der Waals surface area contributed by atoms with Crippen molar-refractivity contribution in [3.8, 4) is 5.75 Å². The summed E-state index contributed by atoms with van der Waals surface area (Å²) in [5.41, 5.74) is 1.45. The molecule has 1 aromatic carbocycles. The number of aromatic hydroxyl groups is 1. The van der Waals surface area contributed by atoms with Gasteiger partial charge in [0.25, 0.3) is 0 Å².